The molecule has 8 heteroatoms. The lowest BCUT2D eigenvalue weighted by Crippen LogP contribution is -2.34. The molecule has 1 aromatic carbocycles. The zero-order valence-electron chi connectivity index (χ0n) is 14.8. The summed E-state index contributed by atoms with van der Waals surface area (Å²) in [6, 6.07) is 9.90. The molecule has 142 valence electrons. The van der Waals surface area contributed by atoms with E-state index >= 15 is 0 Å². The van der Waals surface area contributed by atoms with Gasteiger partial charge in [0.25, 0.3) is 5.91 Å². The summed E-state index contributed by atoms with van der Waals surface area (Å²) in [7, 11) is 0. The number of nitrogens with zero attached hydrogens (tertiary/aromatic N) is 1. The minimum Gasteiger partial charge on any atom is -0.494 e. The second-order valence-corrected chi connectivity index (χ2v) is 5.82. The van der Waals surface area contributed by atoms with Crippen molar-refractivity contribution in [1.82, 2.24) is 10.3 Å². The first-order valence-electron chi connectivity index (χ1n) is 8.39. The van der Waals surface area contributed by atoms with Gasteiger partial charge in [-0.3, -0.25) is 19.4 Å². The molecule has 0 aliphatic rings. The molecule has 8 nitrogen and oxygen atoms in total. The highest BCUT2D eigenvalue weighted by molar-refractivity contribution is 5.95. The molecular weight excluding hydrogens is 350 g/mol. The van der Waals surface area contributed by atoms with Crippen LogP contribution in [0.5, 0.6) is 5.75 Å². The Morgan fingerprint density at radius 3 is 2.41 bits per heavy atom. The van der Waals surface area contributed by atoms with Crippen LogP contribution in [-0.4, -0.2) is 41.0 Å². The molecule has 1 aromatic heterocycles. The van der Waals surface area contributed by atoms with Gasteiger partial charge in [-0.2, -0.15) is 0 Å². The fraction of sp³-hybridized carbons (Fsp3) is 0.263. The molecule has 2 aromatic rings. The largest absolute Gasteiger partial charge is 0.494 e. The normalized spacial score (nSPS) is 11.4. The minimum atomic E-state index is -1.01. The van der Waals surface area contributed by atoms with Crippen LogP contribution in [0.15, 0.2) is 42.6 Å². The standard InChI is InChI=1S/C19H21N3O5/c1-2-27-15-6-3-12(4-7-15)9-14(19(25)26)11-22-18(24)16-8-5-13(10-21-16)17(20)23/h3-8,10,14H,2,9,11H2,1H3,(H2,20,23)(H,22,24)(H,25,26). The van der Waals surface area contributed by atoms with E-state index in [2.05, 4.69) is 10.3 Å². The lowest BCUT2D eigenvalue weighted by Gasteiger charge is -2.14. The van der Waals surface area contributed by atoms with Gasteiger partial charge in [0.15, 0.2) is 0 Å². The number of pyridine rings is 1. The number of carbonyl (C=O) groups is 3. The van der Waals surface area contributed by atoms with E-state index < -0.39 is 23.7 Å². The van der Waals surface area contributed by atoms with Crippen LogP contribution >= 0.6 is 0 Å². The third kappa shape index (κ3) is 5.81. The summed E-state index contributed by atoms with van der Waals surface area (Å²) in [5, 5.41) is 12.0. The van der Waals surface area contributed by atoms with Gasteiger partial charge < -0.3 is 20.9 Å². The summed E-state index contributed by atoms with van der Waals surface area (Å²) in [5.41, 5.74) is 6.20. The first-order chi connectivity index (χ1) is 12.9. The number of benzene rings is 1. The van der Waals surface area contributed by atoms with E-state index in [-0.39, 0.29) is 24.2 Å². The fourth-order valence-corrected chi connectivity index (χ4v) is 2.40. The molecule has 1 unspecified atom stereocenters. The number of hydrogen-bond donors (Lipinski definition) is 3. The topological polar surface area (TPSA) is 132 Å². The molecule has 0 radical (unpaired) electrons. The fourth-order valence-electron chi connectivity index (χ4n) is 2.40. The van der Waals surface area contributed by atoms with Crippen molar-refractivity contribution < 1.29 is 24.2 Å². The van der Waals surface area contributed by atoms with Gasteiger partial charge in [0.2, 0.25) is 5.91 Å². The predicted molar refractivity (Wildman–Crippen MR) is 97.5 cm³/mol. The van der Waals surface area contributed by atoms with Gasteiger partial charge in [0, 0.05) is 12.7 Å². The molecule has 0 aliphatic carbocycles. The third-order valence-electron chi connectivity index (χ3n) is 3.86. The number of rotatable bonds is 9. The smallest absolute Gasteiger partial charge is 0.308 e. The van der Waals surface area contributed by atoms with Crippen LogP contribution in [-0.2, 0) is 11.2 Å². The van der Waals surface area contributed by atoms with Gasteiger partial charge in [-0.15, -0.1) is 0 Å². The monoisotopic (exact) mass is 371 g/mol. The highest BCUT2D eigenvalue weighted by Crippen LogP contribution is 2.15. The van der Waals surface area contributed by atoms with Gasteiger partial charge in [0.1, 0.15) is 11.4 Å². The number of aliphatic carboxylic acids is 1. The molecule has 4 N–H and O–H groups in total. The molecule has 0 spiro atoms. The Hall–Kier alpha value is -3.42. The van der Waals surface area contributed by atoms with Crippen LogP contribution in [0.4, 0.5) is 0 Å². The van der Waals surface area contributed by atoms with Crippen LogP contribution in [0, 0.1) is 5.92 Å². The second-order valence-electron chi connectivity index (χ2n) is 5.82. The van der Waals surface area contributed by atoms with Crippen molar-refractivity contribution in [3.8, 4) is 5.75 Å². The van der Waals surface area contributed by atoms with E-state index in [1.807, 2.05) is 6.92 Å². The maximum absolute atomic E-state index is 12.1. The average Bonchev–Trinajstić information content (AvgIpc) is 2.66. The van der Waals surface area contributed by atoms with E-state index in [4.69, 9.17) is 10.5 Å². The Bertz CT molecular complexity index is 803. The first kappa shape index (κ1) is 19.9. The van der Waals surface area contributed by atoms with Crippen molar-refractivity contribution in [3.05, 3.63) is 59.4 Å². The zero-order chi connectivity index (χ0) is 19.8. The summed E-state index contributed by atoms with van der Waals surface area (Å²) in [4.78, 5) is 38.5. The summed E-state index contributed by atoms with van der Waals surface area (Å²) < 4.78 is 5.36. The van der Waals surface area contributed by atoms with Gasteiger partial charge in [-0.05, 0) is 43.2 Å². The second kappa shape index (κ2) is 9.33. The Morgan fingerprint density at radius 2 is 1.89 bits per heavy atom. The molecule has 1 heterocycles. The van der Waals surface area contributed by atoms with Crippen molar-refractivity contribution >= 4 is 17.8 Å². The van der Waals surface area contributed by atoms with E-state index in [1.165, 1.54) is 18.3 Å². The van der Waals surface area contributed by atoms with Crippen molar-refractivity contribution in [1.29, 1.82) is 0 Å². The van der Waals surface area contributed by atoms with Crippen molar-refractivity contribution in [3.63, 3.8) is 0 Å². The summed E-state index contributed by atoms with van der Waals surface area (Å²) in [6.45, 7) is 2.38. The van der Waals surface area contributed by atoms with Crippen molar-refractivity contribution in [2.45, 2.75) is 13.3 Å². The highest BCUT2D eigenvalue weighted by atomic mass is 16.5. The maximum atomic E-state index is 12.1. The number of carboxylic acid groups (broad SMARTS) is 1. The van der Waals surface area contributed by atoms with E-state index in [0.29, 0.717) is 12.4 Å². The predicted octanol–water partition coefficient (Wildman–Crippen LogP) is 1.25. The van der Waals surface area contributed by atoms with Crippen LogP contribution in [0.2, 0.25) is 0 Å². The Labute approximate surface area is 156 Å². The summed E-state index contributed by atoms with van der Waals surface area (Å²) in [5.74, 6) is -2.26. The number of primary amides is 1. The third-order valence-corrected chi connectivity index (χ3v) is 3.86. The number of nitrogens with one attached hydrogen (secondary N) is 1. The highest BCUT2D eigenvalue weighted by Gasteiger charge is 2.20. The zero-order valence-corrected chi connectivity index (χ0v) is 14.8. The van der Waals surface area contributed by atoms with Crippen molar-refractivity contribution in [2.75, 3.05) is 13.2 Å². The van der Waals surface area contributed by atoms with Crippen LogP contribution < -0.4 is 15.8 Å². The molecule has 2 rings (SSSR count). The molecule has 0 aliphatic heterocycles. The first-order valence-corrected chi connectivity index (χ1v) is 8.39. The lowest BCUT2D eigenvalue weighted by atomic mass is 9.99. The quantitative estimate of drug-likeness (QED) is 0.608. The Kier molecular flexibility index (Phi) is 6.87. The van der Waals surface area contributed by atoms with E-state index in [0.717, 1.165) is 5.56 Å². The van der Waals surface area contributed by atoms with Crippen LogP contribution in [0.3, 0.4) is 0 Å². The lowest BCUT2D eigenvalue weighted by molar-refractivity contribution is -0.141. The number of carboxylic acids is 1. The molecule has 0 bridgehead atoms. The number of hydrogen-bond acceptors (Lipinski definition) is 5. The number of aromatic nitrogens is 1. The van der Waals surface area contributed by atoms with Gasteiger partial charge in [0.05, 0.1) is 18.1 Å². The average molecular weight is 371 g/mol. The van der Waals surface area contributed by atoms with Gasteiger partial charge >= 0.3 is 5.97 Å². The molecule has 27 heavy (non-hydrogen) atoms. The molecular formula is C19H21N3O5. The number of amides is 2. The Balaban J connectivity index is 1.96. The number of carbonyl (C=O) groups excluding carboxylic acids is 2. The minimum absolute atomic E-state index is 0.0549. The van der Waals surface area contributed by atoms with Crippen LogP contribution in [0.25, 0.3) is 0 Å². The summed E-state index contributed by atoms with van der Waals surface area (Å²) >= 11 is 0. The Morgan fingerprint density at radius 1 is 1.19 bits per heavy atom. The van der Waals surface area contributed by atoms with Gasteiger partial charge in [-0.1, -0.05) is 12.1 Å². The molecule has 2 amide bonds. The van der Waals surface area contributed by atoms with Gasteiger partial charge in [-0.25, -0.2) is 0 Å². The summed E-state index contributed by atoms with van der Waals surface area (Å²) in [6.07, 6.45) is 1.46. The molecule has 0 saturated carbocycles. The van der Waals surface area contributed by atoms with Crippen LogP contribution in [0.1, 0.15) is 33.3 Å². The number of nitrogens with two attached hydrogens (primary N) is 1. The molecule has 1 atom stereocenters. The van der Waals surface area contributed by atoms with E-state index in [1.54, 1.807) is 24.3 Å². The maximum Gasteiger partial charge on any atom is 0.308 e. The number of ether oxygens (including phenoxy) is 1. The SMILES string of the molecule is CCOc1ccc(CC(CNC(=O)c2ccc(C(N)=O)cn2)C(=O)O)cc1. The van der Waals surface area contributed by atoms with Crippen molar-refractivity contribution in [2.24, 2.45) is 11.7 Å². The molecule has 0 fully saturated rings. The molecule has 0 saturated heterocycles. The van der Waals surface area contributed by atoms with E-state index in [9.17, 15) is 19.5 Å².